The van der Waals surface area contributed by atoms with Gasteiger partial charge in [-0.3, -0.25) is 0 Å². The zero-order valence-corrected chi connectivity index (χ0v) is 32.1. The fourth-order valence-electron chi connectivity index (χ4n) is 9.04. The Morgan fingerprint density at radius 2 is 0.737 bits per heavy atom. The molecule has 2 heterocycles. The van der Waals surface area contributed by atoms with Gasteiger partial charge in [0, 0.05) is 52.5 Å². The molecule has 57 heavy (non-hydrogen) atoms. The van der Waals surface area contributed by atoms with Gasteiger partial charge in [-0.25, -0.2) is 0 Å². The third-order valence-corrected chi connectivity index (χ3v) is 15.3. The fraction of sp³-hybridized carbons (Fsp3) is 0. The van der Waals surface area contributed by atoms with Crippen LogP contribution in [0.15, 0.2) is 250 Å². The van der Waals surface area contributed by atoms with Crippen LogP contribution in [-0.2, 0) is 0 Å². The summed E-state index contributed by atoms with van der Waals surface area (Å²) in [5, 5.41) is 5.00. The maximum atomic E-state index is 2.46. The van der Waals surface area contributed by atoms with Crippen molar-refractivity contribution in [3.63, 3.8) is 0 Å². The second kappa shape index (κ2) is 13.6. The van der Waals surface area contributed by atoms with Crippen molar-refractivity contribution < 1.29 is 0 Å². The molecule has 0 radical (unpaired) electrons. The molecular weight excluding hydrogens is 709 g/mol. The zero-order valence-electron chi connectivity index (χ0n) is 31.2. The van der Waals surface area contributed by atoms with Gasteiger partial charge in [0.25, 0.3) is 0 Å². The first-order chi connectivity index (χ1) is 28.3. The van der Waals surface area contributed by atoms with E-state index in [-0.39, 0.29) is 0 Å². The maximum Gasteiger partial charge on any atom is 0.0547 e. The summed E-state index contributed by atoms with van der Waals surface area (Å²) in [6, 6.07) is 84.7. The highest BCUT2D eigenvalue weighted by Crippen LogP contribution is 2.73. The van der Waals surface area contributed by atoms with Crippen LogP contribution in [0.4, 0.5) is 0 Å². The Bertz CT molecular complexity index is 3120. The van der Waals surface area contributed by atoms with E-state index in [1.165, 1.54) is 74.3 Å². The number of benzene rings is 9. The van der Waals surface area contributed by atoms with Crippen molar-refractivity contribution in [1.82, 2.24) is 9.13 Å². The normalized spacial score (nSPS) is 12.1. The molecule has 0 N–H and O–H groups in total. The van der Waals surface area contributed by atoms with Crippen molar-refractivity contribution in [2.45, 2.75) is 19.6 Å². The number of hydrogen-bond acceptors (Lipinski definition) is 0. The zero-order chi connectivity index (χ0) is 37.8. The van der Waals surface area contributed by atoms with Gasteiger partial charge in [-0.2, -0.15) is 0 Å². The summed E-state index contributed by atoms with van der Waals surface area (Å²) < 4.78 is 4.91. The largest absolute Gasteiger partial charge is 0.309 e. The number of nitrogens with zero attached hydrogens (tertiary/aromatic N) is 2. The van der Waals surface area contributed by atoms with Crippen LogP contribution >= 0.6 is 10.0 Å². The molecule has 9 aromatic carbocycles. The summed E-state index contributed by atoms with van der Waals surface area (Å²) in [7, 11) is -1.85. The Kier molecular flexibility index (Phi) is 7.94. The van der Waals surface area contributed by atoms with E-state index in [2.05, 4.69) is 240 Å². The minimum Gasteiger partial charge on any atom is -0.309 e. The SMILES string of the molecule is c1ccc(-c2cccc3c2c2ccccc2n3-c2ccc3c(c2)c2ccccc2n3-c2cccc(S(c3ccccc3)(c3ccccc3)c3ccccc3)c2)cc1. The Labute approximate surface area is 333 Å². The second-order valence-corrected chi connectivity index (χ2v) is 17.6. The predicted molar refractivity (Wildman–Crippen MR) is 241 cm³/mol. The smallest absolute Gasteiger partial charge is 0.0547 e. The fourth-order valence-corrected chi connectivity index (χ4v) is 12.9. The summed E-state index contributed by atoms with van der Waals surface area (Å²) in [4.78, 5) is 5.24. The van der Waals surface area contributed by atoms with Gasteiger partial charge in [-0.1, -0.05) is 140 Å². The van der Waals surface area contributed by atoms with Crippen LogP contribution < -0.4 is 0 Å². The molecule has 0 saturated carbocycles. The minimum atomic E-state index is -1.85. The first-order valence-electron chi connectivity index (χ1n) is 19.5. The molecule has 0 aliphatic rings. The molecular formula is C54H38N2S. The van der Waals surface area contributed by atoms with Crippen LogP contribution in [0.3, 0.4) is 0 Å². The molecule has 11 rings (SSSR count). The quantitative estimate of drug-likeness (QED) is 0.154. The van der Waals surface area contributed by atoms with Gasteiger partial charge in [0.15, 0.2) is 0 Å². The van der Waals surface area contributed by atoms with Crippen LogP contribution in [0.2, 0.25) is 0 Å². The Morgan fingerprint density at radius 3 is 1.39 bits per heavy atom. The van der Waals surface area contributed by atoms with E-state index in [9.17, 15) is 0 Å². The summed E-state index contributed by atoms with van der Waals surface area (Å²) >= 11 is 0. The predicted octanol–water partition coefficient (Wildman–Crippen LogP) is 14.9. The Hall–Kier alpha value is -7.07. The van der Waals surface area contributed by atoms with E-state index in [0.717, 1.165) is 11.4 Å². The highest BCUT2D eigenvalue weighted by molar-refractivity contribution is 8.34. The average molecular weight is 747 g/mol. The molecule has 0 atom stereocenters. The lowest BCUT2D eigenvalue weighted by molar-refractivity contribution is 1.14. The average Bonchev–Trinajstić information content (AvgIpc) is 3.81. The van der Waals surface area contributed by atoms with Gasteiger partial charge in [0.2, 0.25) is 0 Å². The first kappa shape index (κ1) is 33.3. The van der Waals surface area contributed by atoms with Crippen molar-refractivity contribution in [1.29, 1.82) is 0 Å². The molecule has 0 aliphatic carbocycles. The van der Waals surface area contributed by atoms with Crippen LogP contribution in [0.1, 0.15) is 0 Å². The summed E-state index contributed by atoms with van der Waals surface area (Å²) in [5.41, 5.74) is 9.55. The molecule has 11 aromatic rings. The van der Waals surface area contributed by atoms with Crippen LogP contribution in [0, 0.1) is 0 Å². The van der Waals surface area contributed by atoms with Gasteiger partial charge in [0.1, 0.15) is 0 Å². The lowest BCUT2D eigenvalue weighted by Crippen LogP contribution is -2.06. The highest BCUT2D eigenvalue weighted by atomic mass is 32.3. The Morgan fingerprint density at radius 1 is 0.281 bits per heavy atom. The standard InChI is InChI=1S/C54H38N2S/c1-5-19-39(20-6-1)46-31-18-34-53-54(46)48-30-14-16-33-51(48)56(53)41-35-36-52-49(38-41)47-29-13-15-32-50(47)55(52)40-21-17-28-45(37-40)57(42-22-7-2-8-23-42,43-24-9-3-10-25-43)44-26-11-4-12-27-44/h1-38H. The molecule has 2 aromatic heterocycles. The van der Waals surface area contributed by atoms with Crippen molar-refractivity contribution in [3.8, 4) is 22.5 Å². The molecule has 0 amide bonds. The lowest BCUT2D eigenvalue weighted by Gasteiger charge is -2.42. The summed E-state index contributed by atoms with van der Waals surface area (Å²) in [6.45, 7) is 0. The van der Waals surface area contributed by atoms with Crippen LogP contribution in [0.5, 0.6) is 0 Å². The third kappa shape index (κ3) is 5.20. The number of para-hydroxylation sites is 2. The van der Waals surface area contributed by atoms with Gasteiger partial charge >= 0.3 is 0 Å². The van der Waals surface area contributed by atoms with Gasteiger partial charge in [-0.05, 0) is 102 Å². The summed E-state index contributed by atoms with van der Waals surface area (Å²) in [5.74, 6) is 0. The van der Waals surface area contributed by atoms with Crippen molar-refractivity contribution in [3.05, 3.63) is 231 Å². The molecule has 0 bridgehead atoms. The maximum absolute atomic E-state index is 2.46. The Balaban J connectivity index is 1.15. The van der Waals surface area contributed by atoms with Crippen molar-refractivity contribution >= 4 is 53.6 Å². The second-order valence-electron chi connectivity index (χ2n) is 14.5. The molecule has 3 heteroatoms. The highest BCUT2D eigenvalue weighted by Gasteiger charge is 2.33. The molecule has 0 unspecified atom stereocenters. The van der Waals surface area contributed by atoms with Gasteiger partial charge in [-0.15, -0.1) is 10.0 Å². The topological polar surface area (TPSA) is 9.86 Å². The van der Waals surface area contributed by atoms with Crippen LogP contribution in [0.25, 0.3) is 66.1 Å². The van der Waals surface area contributed by atoms with E-state index in [0.29, 0.717) is 0 Å². The van der Waals surface area contributed by atoms with E-state index in [1.54, 1.807) is 0 Å². The van der Waals surface area contributed by atoms with E-state index in [1.807, 2.05) is 0 Å². The molecule has 0 fully saturated rings. The number of hydrogen-bond donors (Lipinski definition) is 0. The van der Waals surface area contributed by atoms with E-state index >= 15 is 0 Å². The first-order valence-corrected chi connectivity index (χ1v) is 21.1. The summed E-state index contributed by atoms with van der Waals surface area (Å²) in [6.07, 6.45) is 0. The monoisotopic (exact) mass is 746 g/mol. The van der Waals surface area contributed by atoms with Gasteiger partial charge in [0.05, 0.1) is 22.1 Å². The van der Waals surface area contributed by atoms with Crippen LogP contribution in [-0.4, -0.2) is 9.13 Å². The van der Waals surface area contributed by atoms with E-state index < -0.39 is 10.0 Å². The van der Waals surface area contributed by atoms with Crippen molar-refractivity contribution in [2.24, 2.45) is 0 Å². The number of rotatable bonds is 7. The molecule has 0 aliphatic heterocycles. The lowest BCUT2D eigenvalue weighted by atomic mass is 9.99. The molecule has 0 spiro atoms. The number of aromatic nitrogens is 2. The molecule has 270 valence electrons. The van der Waals surface area contributed by atoms with Gasteiger partial charge < -0.3 is 9.13 Å². The third-order valence-electron chi connectivity index (χ3n) is 11.4. The minimum absolute atomic E-state index is 1.15. The molecule has 2 nitrogen and oxygen atoms in total. The van der Waals surface area contributed by atoms with Crippen molar-refractivity contribution in [2.75, 3.05) is 0 Å². The number of fused-ring (bicyclic) bond motifs is 6. The van der Waals surface area contributed by atoms with E-state index in [4.69, 9.17) is 0 Å². The molecule has 0 saturated heterocycles.